The van der Waals surface area contributed by atoms with Gasteiger partial charge in [0.15, 0.2) is 5.76 Å². The second-order valence-corrected chi connectivity index (χ2v) is 3.90. The average molecular weight is 264 g/mol. The van der Waals surface area contributed by atoms with E-state index in [2.05, 4.69) is 5.32 Å². The first-order valence-electron chi connectivity index (χ1n) is 5.03. The number of hydrogen-bond acceptors (Lipinski definition) is 3. The summed E-state index contributed by atoms with van der Waals surface area (Å²) < 4.78 is 18.5. The maximum absolute atomic E-state index is 13.6. The number of benzene rings is 1. The SMILES string of the molecule is NC(=S)c1c(F)cccc1NC(=O)c1ccco1. The van der Waals surface area contributed by atoms with Crippen molar-refractivity contribution in [3.8, 4) is 0 Å². The summed E-state index contributed by atoms with van der Waals surface area (Å²) in [5.74, 6) is -0.962. The first-order chi connectivity index (χ1) is 8.59. The molecular formula is C12H9FN2O2S. The molecular weight excluding hydrogens is 255 g/mol. The van der Waals surface area contributed by atoms with Crippen molar-refractivity contribution >= 4 is 28.8 Å². The molecule has 1 aromatic heterocycles. The van der Waals surface area contributed by atoms with Crippen LogP contribution in [0.4, 0.5) is 10.1 Å². The zero-order valence-electron chi connectivity index (χ0n) is 9.14. The number of hydrogen-bond donors (Lipinski definition) is 2. The van der Waals surface area contributed by atoms with E-state index in [9.17, 15) is 9.18 Å². The van der Waals surface area contributed by atoms with Gasteiger partial charge < -0.3 is 15.5 Å². The highest BCUT2D eigenvalue weighted by Crippen LogP contribution is 2.19. The van der Waals surface area contributed by atoms with E-state index >= 15 is 0 Å². The smallest absolute Gasteiger partial charge is 0.291 e. The van der Waals surface area contributed by atoms with Crippen LogP contribution in [0.1, 0.15) is 16.1 Å². The predicted molar refractivity (Wildman–Crippen MR) is 68.9 cm³/mol. The quantitative estimate of drug-likeness (QED) is 0.835. The zero-order valence-corrected chi connectivity index (χ0v) is 9.96. The third kappa shape index (κ3) is 2.38. The number of anilines is 1. The molecule has 0 atom stereocenters. The van der Waals surface area contributed by atoms with Crippen molar-refractivity contribution in [2.75, 3.05) is 5.32 Å². The molecule has 1 heterocycles. The summed E-state index contributed by atoms with van der Waals surface area (Å²) in [4.78, 5) is 11.6. The first-order valence-corrected chi connectivity index (χ1v) is 5.43. The molecule has 0 saturated heterocycles. The molecule has 0 bridgehead atoms. The maximum Gasteiger partial charge on any atom is 0.291 e. The number of nitrogens with two attached hydrogens (primary N) is 1. The number of carbonyl (C=O) groups excluding carboxylic acids is 1. The third-order valence-corrected chi connectivity index (χ3v) is 2.46. The topological polar surface area (TPSA) is 68.3 Å². The van der Waals surface area contributed by atoms with Gasteiger partial charge in [-0.1, -0.05) is 18.3 Å². The van der Waals surface area contributed by atoms with Gasteiger partial charge in [-0.2, -0.15) is 0 Å². The van der Waals surface area contributed by atoms with E-state index in [4.69, 9.17) is 22.4 Å². The largest absolute Gasteiger partial charge is 0.459 e. The molecule has 92 valence electrons. The van der Waals surface area contributed by atoms with Crippen LogP contribution in [0.5, 0.6) is 0 Å². The minimum Gasteiger partial charge on any atom is -0.459 e. The van der Waals surface area contributed by atoms with Gasteiger partial charge in [0.1, 0.15) is 10.8 Å². The van der Waals surface area contributed by atoms with Gasteiger partial charge in [0.05, 0.1) is 17.5 Å². The standard InChI is InChI=1S/C12H9FN2O2S/c13-7-3-1-4-8(10(7)11(14)18)15-12(16)9-5-2-6-17-9/h1-6H,(H2,14,18)(H,15,16). The van der Waals surface area contributed by atoms with E-state index in [1.54, 1.807) is 6.07 Å². The minimum atomic E-state index is -0.584. The fraction of sp³-hybridized carbons (Fsp3) is 0. The Labute approximate surface area is 108 Å². The summed E-state index contributed by atoms with van der Waals surface area (Å²) in [5, 5.41) is 2.49. The van der Waals surface area contributed by atoms with Crippen LogP contribution in [-0.4, -0.2) is 10.9 Å². The molecule has 0 unspecified atom stereocenters. The Morgan fingerprint density at radius 3 is 2.72 bits per heavy atom. The van der Waals surface area contributed by atoms with Crippen LogP contribution in [0, 0.1) is 5.82 Å². The number of thiocarbonyl (C=S) groups is 1. The second-order valence-electron chi connectivity index (χ2n) is 3.46. The zero-order chi connectivity index (χ0) is 13.1. The van der Waals surface area contributed by atoms with Gasteiger partial charge in [-0.25, -0.2) is 4.39 Å². The van der Waals surface area contributed by atoms with E-state index in [0.29, 0.717) is 0 Å². The Kier molecular flexibility index (Phi) is 3.38. The van der Waals surface area contributed by atoms with Gasteiger partial charge in [-0.05, 0) is 24.3 Å². The Balaban J connectivity index is 2.32. The summed E-state index contributed by atoms with van der Waals surface area (Å²) in [7, 11) is 0. The number of amides is 1. The van der Waals surface area contributed by atoms with Crippen molar-refractivity contribution in [2.24, 2.45) is 5.73 Å². The minimum absolute atomic E-state index is 0.00686. The summed E-state index contributed by atoms with van der Waals surface area (Å²) in [6.07, 6.45) is 1.37. The maximum atomic E-state index is 13.6. The molecule has 1 aromatic carbocycles. The third-order valence-electron chi connectivity index (χ3n) is 2.25. The van der Waals surface area contributed by atoms with E-state index in [0.717, 1.165) is 0 Å². The van der Waals surface area contributed by atoms with Crippen molar-refractivity contribution in [1.29, 1.82) is 0 Å². The average Bonchev–Trinajstić information content (AvgIpc) is 2.81. The molecule has 2 aromatic rings. The lowest BCUT2D eigenvalue weighted by Crippen LogP contribution is -2.18. The molecule has 0 saturated carbocycles. The van der Waals surface area contributed by atoms with Crippen LogP contribution in [0.25, 0.3) is 0 Å². The first kappa shape index (κ1) is 12.3. The molecule has 6 heteroatoms. The molecule has 2 rings (SSSR count). The van der Waals surface area contributed by atoms with Crippen LogP contribution in [0.15, 0.2) is 41.0 Å². The van der Waals surface area contributed by atoms with E-state index in [1.165, 1.54) is 30.5 Å². The van der Waals surface area contributed by atoms with Gasteiger partial charge in [0.2, 0.25) is 0 Å². The lowest BCUT2D eigenvalue weighted by atomic mass is 10.1. The van der Waals surface area contributed by atoms with E-state index < -0.39 is 11.7 Å². The van der Waals surface area contributed by atoms with Crippen molar-refractivity contribution in [3.63, 3.8) is 0 Å². The summed E-state index contributed by atoms with van der Waals surface area (Å²) in [6.45, 7) is 0. The van der Waals surface area contributed by atoms with Crippen LogP contribution in [0.3, 0.4) is 0 Å². The molecule has 0 spiro atoms. The van der Waals surface area contributed by atoms with Crippen molar-refractivity contribution in [2.45, 2.75) is 0 Å². The molecule has 0 aliphatic heterocycles. The second kappa shape index (κ2) is 4.97. The van der Waals surface area contributed by atoms with Crippen LogP contribution >= 0.6 is 12.2 Å². The van der Waals surface area contributed by atoms with Crippen molar-refractivity contribution < 1.29 is 13.6 Å². The van der Waals surface area contributed by atoms with E-state index in [1.807, 2.05) is 0 Å². The number of halogens is 1. The molecule has 4 nitrogen and oxygen atoms in total. The van der Waals surface area contributed by atoms with Gasteiger partial charge in [0.25, 0.3) is 5.91 Å². The van der Waals surface area contributed by atoms with Gasteiger partial charge in [-0.15, -0.1) is 0 Å². The fourth-order valence-corrected chi connectivity index (χ4v) is 1.68. The Hall–Kier alpha value is -2.21. The number of nitrogens with one attached hydrogen (secondary N) is 1. The Morgan fingerprint density at radius 1 is 1.33 bits per heavy atom. The van der Waals surface area contributed by atoms with Crippen LogP contribution in [-0.2, 0) is 0 Å². The van der Waals surface area contributed by atoms with E-state index in [-0.39, 0.29) is 22.0 Å². The molecule has 0 fully saturated rings. The predicted octanol–water partition coefficient (Wildman–Crippen LogP) is 2.31. The highest BCUT2D eigenvalue weighted by molar-refractivity contribution is 7.80. The lowest BCUT2D eigenvalue weighted by Gasteiger charge is -2.09. The monoisotopic (exact) mass is 264 g/mol. The fourth-order valence-electron chi connectivity index (χ4n) is 1.47. The van der Waals surface area contributed by atoms with Gasteiger partial charge >= 0.3 is 0 Å². The molecule has 1 amide bonds. The molecule has 18 heavy (non-hydrogen) atoms. The Morgan fingerprint density at radius 2 is 2.11 bits per heavy atom. The molecule has 0 radical (unpaired) electrons. The number of carbonyl (C=O) groups is 1. The molecule has 3 N–H and O–H groups in total. The highest BCUT2D eigenvalue weighted by atomic mass is 32.1. The van der Waals surface area contributed by atoms with Gasteiger partial charge in [0, 0.05) is 0 Å². The van der Waals surface area contributed by atoms with Crippen molar-refractivity contribution in [3.05, 3.63) is 53.7 Å². The van der Waals surface area contributed by atoms with Crippen molar-refractivity contribution in [1.82, 2.24) is 0 Å². The molecule has 0 aliphatic rings. The highest BCUT2D eigenvalue weighted by Gasteiger charge is 2.15. The normalized spacial score (nSPS) is 10.1. The Bertz CT molecular complexity index is 596. The molecule has 0 aliphatic carbocycles. The number of rotatable bonds is 3. The van der Waals surface area contributed by atoms with Gasteiger partial charge in [-0.3, -0.25) is 4.79 Å². The van der Waals surface area contributed by atoms with Crippen LogP contribution < -0.4 is 11.1 Å². The lowest BCUT2D eigenvalue weighted by molar-refractivity contribution is 0.0996. The summed E-state index contributed by atoms with van der Waals surface area (Å²) in [6, 6.07) is 7.26. The number of furan rings is 1. The summed E-state index contributed by atoms with van der Waals surface area (Å²) in [5.41, 5.74) is 5.65. The summed E-state index contributed by atoms with van der Waals surface area (Å²) >= 11 is 4.75. The van der Waals surface area contributed by atoms with Crippen LogP contribution in [0.2, 0.25) is 0 Å².